The number of fused-ring (bicyclic) bond motifs is 2. The number of hydrogen-bond donors (Lipinski definition) is 4. The molecule has 2 aromatic rings. The zero-order valence-corrected chi connectivity index (χ0v) is 19.7. The van der Waals surface area contributed by atoms with E-state index in [9.17, 15) is 14.7 Å². The fraction of sp³-hybridized carbons (Fsp3) is 0.435. The number of amides is 2. The highest BCUT2D eigenvalue weighted by atomic mass is 16.5. The number of hydrogen-bond acceptors (Lipinski definition) is 10. The molecule has 0 spiro atoms. The third-order valence-corrected chi connectivity index (χ3v) is 5.88. The SMILES string of the molecule is COc1ccc2cc1OCCCN(C)[C@H](CO)C(=O)NCCNc1ncnc3c1C(C=N2)C(=O)N3. The Hall–Kier alpha value is -3.77. The lowest BCUT2D eigenvalue weighted by molar-refractivity contribution is -0.127. The molecule has 1 aromatic carbocycles. The topological polar surface area (TPSA) is 150 Å². The number of aliphatic hydroxyl groups is 1. The minimum Gasteiger partial charge on any atom is -0.493 e. The molecule has 1 aromatic heterocycles. The van der Waals surface area contributed by atoms with Gasteiger partial charge < -0.3 is 30.5 Å². The van der Waals surface area contributed by atoms with Crippen molar-refractivity contribution < 1.29 is 24.2 Å². The number of benzene rings is 1. The van der Waals surface area contributed by atoms with Gasteiger partial charge in [0.05, 0.1) is 31.6 Å². The summed E-state index contributed by atoms with van der Waals surface area (Å²) in [6.45, 7) is 1.28. The Kier molecular flexibility index (Phi) is 7.73. The predicted octanol–water partition coefficient (Wildman–Crippen LogP) is 0.527. The maximum Gasteiger partial charge on any atom is 0.239 e. The summed E-state index contributed by atoms with van der Waals surface area (Å²) >= 11 is 0. The van der Waals surface area contributed by atoms with E-state index in [2.05, 4.69) is 30.9 Å². The van der Waals surface area contributed by atoms with Crippen LogP contribution in [0.2, 0.25) is 0 Å². The molecular weight excluding hydrogens is 454 g/mol. The van der Waals surface area contributed by atoms with Gasteiger partial charge in [-0.25, -0.2) is 9.97 Å². The van der Waals surface area contributed by atoms with Gasteiger partial charge in [0.15, 0.2) is 11.5 Å². The Morgan fingerprint density at radius 2 is 1.97 bits per heavy atom. The molecule has 12 heteroatoms. The number of rotatable bonds is 2. The quantitative estimate of drug-likeness (QED) is 0.479. The van der Waals surface area contributed by atoms with Crippen molar-refractivity contribution in [1.82, 2.24) is 20.2 Å². The van der Waals surface area contributed by atoms with Crippen LogP contribution in [0.25, 0.3) is 0 Å². The highest BCUT2D eigenvalue weighted by Gasteiger charge is 2.34. The molecule has 0 fully saturated rings. The van der Waals surface area contributed by atoms with Gasteiger partial charge >= 0.3 is 0 Å². The Balaban J connectivity index is 1.64. The van der Waals surface area contributed by atoms with E-state index >= 15 is 0 Å². The summed E-state index contributed by atoms with van der Waals surface area (Å²) in [6.07, 6.45) is 3.54. The zero-order chi connectivity index (χ0) is 24.8. The third-order valence-electron chi connectivity index (χ3n) is 5.88. The van der Waals surface area contributed by atoms with Crippen molar-refractivity contribution in [3.63, 3.8) is 0 Å². The second-order valence-electron chi connectivity index (χ2n) is 8.16. The van der Waals surface area contributed by atoms with Gasteiger partial charge in [-0.05, 0) is 25.6 Å². The summed E-state index contributed by atoms with van der Waals surface area (Å²) in [6, 6.07) is 4.58. The van der Waals surface area contributed by atoms with Crippen LogP contribution in [0.5, 0.6) is 11.5 Å². The van der Waals surface area contributed by atoms with E-state index in [0.717, 1.165) is 0 Å². The number of methoxy groups -OCH3 is 1. The van der Waals surface area contributed by atoms with Gasteiger partial charge in [-0.15, -0.1) is 0 Å². The number of aromatic nitrogens is 2. The number of anilines is 2. The van der Waals surface area contributed by atoms with Crippen molar-refractivity contribution in [3.8, 4) is 11.5 Å². The number of likely N-dealkylation sites (N-methyl/N-ethyl adjacent to an activating group) is 1. The second kappa shape index (κ2) is 11.1. The number of carbonyl (C=O) groups excluding carboxylic acids is 2. The lowest BCUT2D eigenvalue weighted by atomic mass is 10.0. The summed E-state index contributed by atoms with van der Waals surface area (Å²) in [5.41, 5.74) is 1.18. The average molecular weight is 484 g/mol. The van der Waals surface area contributed by atoms with Crippen LogP contribution < -0.4 is 25.4 Å². The fourth-order valence-electron chi connectivity index (χ4n) is 3.98. The largest absolute Gasteiger partial charge is 0.493 e. The van der Waals surface area contributed by atoms with E-state index in [4.69, 9.17) is 9.47 Å². The Morgan fingerprint density at radius 1 is 1.17 bits per heavy atom. The fourth-order valence-corrected chi connectivity index (χ4v) is 3.98. The molecule has 0 saturated carbocycles. The molecular formula is C23H29N7O5. The van der Waals surface area contributed by atoms with E-state index < -0.39 is 12.0 Å². The minimum absolute atomic E-state index is 0.259. The number of aliphatic hydroxyl groups excluding tert-OH is 1. The molecule has 2 aliphatic rings. The molecule has 12 nitrogen and oxygen atoms in total. The third kappa shape index (κ3) is 5.49. The lowest BCUT2D eigenvalue weighted by Crippen LogP contribution is -2.48. The van der Waals surface area contributed by atoms with Gasteiger partial charge in [0.2, 0.25) is 11.8 Å². The van der Waals surface area contributed by atoms with E-state index in [0.29, 0.717) is 67.0 Å². The lowest BCUT2D eigenvalue weighted by Gasteiger charge is -2.25. The highest BCUT2D eigenvalue weighted by Crippen LogP contribution is 2.36. The number of carbonyl (C=O) groups is 2. The van der Waals surface area contributed by atoms with Crippen molar-refractivity contribution >= 4 is 35.4 Å². The number of nitrogens with zero attached hydrogens (tertiary/aromatic N) is 4. The van der Waals surface area contributed by atoms with E-state index in [1.165, 1.54) is 6.33 Å². The molecule has 1 unspecified atom stereocenters. The molecule has 2 atom stereocenters. The molecule has 4 rings (SSSR count). The van der Waals surface area contributed by atoms with E-state index in [1.807, 2.05) is 0 Å². The summed E-state index contributed by atoms with van der Waals surface area (Å²) in [4.78, 5) is 40.0. The van der Waals surface area contributed by atoms with Crippen LogP contribution in [0.15, 0.2) is 29.5 Å². The molecule has 3 heterocycles. The monoisotopic (exact) mass is 483 g/mol. The first-order valence-corrected chi connectivity index (χ1v) is 11.3. The molecule has 0 radical (unpaired) electrons. The average Bonchev–Trinajstić information content (AvgIpc) is 3.18. The van der Waals surface area contributed by atoms with Crippen LogP contribution in [0.3, 0.4) is 0 Å². The van der Waals surface area contributed by atoms with Crippen LogP contribution in [-0.2, 0) is 9.59 Å². The van der Waals surface area contributed by atoms with Gasteiger partial charge in [0, 0.05) is 31.9 Å². The van der Waals surface area contributed by atoms with E-state index in [-0.39, 0.29) is 18.4 Å². The Bertz CT molecular complexity index is 1110. The summed E-state index contributed by atoms with van der Waals surface area (Å²) in [7, 11) is 3.34. The zero-order valence-electron chi connectivity index (χ0n) is 19.7. The number of aliphatic imine (C=N–C) groups is 1. The van der Waals surface area contributed by atoms with Crippen LogP contribution in [0.1, 0.15) is 17.9 Å². The van der Waals surface area contributed by atoms with E-state index in [1.54, 1.807) is 43.5 Å². The van der Waals surface area contributed by atoms with Crippen molar-refractivity contribution in [2.75, 3.05) is 57.6 Å². The standard InChI is InChI=1S/C23H29N7O5/c1-30-8-3-9-35-18-10-14(4-5-17(18)34-2)26-11-15-19-20(27-13-28-21(19)29-22(15)32)24-6-7-25-23(33)16(30)12-31/h4-5,10-11,13,15-16,31H,3,6-9,12H2,1-2H3,(H,25,33)(H2,24,27,28,29,32)/t15?,16-/m1/s1. The highest BCUT2D eigenvalue weighted by molar-refractivity contribution is 6.13. The number of nitrogens with one attached hydrogen (secondary N) is 3. The Morgan fingerprint density at radius 3 is 2.77 bits per heavy atom. The van der Waals surface area contributed by atoms with Gasteiger partial charge in [-0.1, -0.05) is 0 Å². The molecule has 35 heavy (non-hydrogen) atoms. The summed E-state index contributed by atoms with van der Waals surface area (Å²) < 4.78 is 11.3. The smallest absolute Gasteiger partial charge is 0.239 e. The molecule has 2 aliphatic heterocycles. The van der Waals surface area contributed by atoms with Crippen molar-refractivity contribution in [1.29, 1.82) is 0 Å². The molecule has 2 amide bonds. The molecule has 0 saturated heterocycles. The van der Waals surface area contributed by atoms with Crippen LogP contribution in [-0.4, -0.2) is 91.1 Å². The van der Waals surface area contributed by atoms with Crippen LogP contribution in [0.4, 0.5) is 17.3 Å². The first kappa shape index (κ1) is 24.4. The maximum absolute atomic E-state index is 12.7. The van der Waals surface area contributed by atoms with Gasteiger partial charge in [0.1, 0.15) is 29.9 Å². The molecule has 0 aliphatic carbocycles. The minimum atomic E-state index is -0.690. The predicted molar refractivity (Wildman–Crippen MR) is 130 cm³/mol. The maximum atomic E-state index is 12.7. The normalized spacial score (nSPS) is 21.3. The Labute approximate surface area is 202 Å². The van der Waals surface area contributed by atoms with Gasteiger partial charge in [-0.2, -0.15) is 0 Å². The second-order valence-corrected chi connectivity index (χ2v) is 8.16. The molecule has 4 N–H and O–H groups in total. The molecule has 186 valence electrons. The molecule has 2 bridgehead atoms. The first-order chi connectivity index (χ1) is 17.0. The summed E-state index contributed by atoms with van der Waals surface area (Å²) in [5.74, 6) is 0.737. The number of ether oxygens (including phenoxy) is 2. The van der Waals surface area contributed by atoms with Crippen molar-refractivity contribution in [3.05, 3.63) is 30.1 Å². The van der Waals surface area contributed by atoms with Gasteiger partial charge in [0.25, 0.3) is 0 Å². The van der Waals surface area contributed by atoms with Crippen molar-refractivity contribution in [2.45, 2.75) is 18.4 Å². The van der Waals surface area contributed by atoms with Gasteiger partial charge in [-0.3, -0.25) is 19.5 Å². The van der Waals surface area contributed by atoms with Crippen LogP contribution in [0, 0.1) is 0 Å². The first-order valence-electron chi connectivity index (χ1n) is 11.3. The van der Waals surface area contributed by atoms with Crippen LogP contribution >= 0.6 is 0 Å². The van der Waals surface area contributed by atoms with Crippen molar-refractivity contribution in [2.24, 2.45) is 4.99 Å². The summed E-state index contributed by atoms with van der Waals surface area (Å²) in [5, 5.41) is 18.5.